The van der Waals surface area contributed by atoms with E-state index in [0.717, 1.165) is 105 Å². The molecule has 350 valence electrons. The summed E-state index contributed by atoms with van der Waals surface area (Å²) in [7, 11) is 0. The summed E-state index contributed by atoms with van der Waals surface area (Å²) in [5.41, 5.74) is 17.9. The number of benzene rings is 11. The molecule has 75 heavy (non-hydrogen) atoms. The third kappa shape index (κ3) is 7.07. The third-order valence-electron chi connectivity index (χ3n) is 14.7. The summed E-state index contributed by atoms with van der Waals surface area (Å²) in [6.07, 6.45) is 0. The molecule has 6 heteroatoms. The highest BCUT2D eigenvalue weighted by Crippen LogP contribution is 2.46. The summed E-state index contributed by atoms with van der Waals surface area (Å²) < 4.78 is 16.2. The number of furan rings is 2. The monoisotopic (exact) mass is 958 g/mol. The lowest BCUT2D eigenvalue weighted by Gasteiger charge is -2.17. The molecule has 0 saturated heterocycles. The van der Waals surface area contributed by atoms with E-state index in [2.05, 4.69) is 211 Å². The minimum atomic E-state index is 0.537. The number of aromatic nitrogens is 4. The molecule has 0 saturated carbocycles. The van der Waals surface area contributed by atoms with Gasteiger partial charge in [-0.15, -0.1) is 0 Å². The molecule has 15 aromatic rings. The van der Waals surface area contributed by atoms with Gasteiger partial charge < -0.3 is 13.4 Å². The Morgan fingerprint density at radius 1 is 0.267 bits per heavy atom. The van der Waals surface area contributed by atoms with Gasteiger partial charge in [0.2, 0.25) is 0 Å². The zero-order valence-electron chi connectivity index (χ0n) is 40.4. The van der Waals surface area contributed by atoms with Crippen LogP contribution in [0.4, 0.5) is 0 Å². The molecule has 4 aromatic heterocycles. The van der Waals surface area contributed by atoms with E-state index >= 15 is 0 Å². The van der Waals surface area contributed by atoms with Crippen LogP contribution < -0.4 is 0 Å². The SMILES string of the molecule is c1ccc(-c2ccc(-c3nc(-c4ccccc4)nc(-c4cccc5c4oc4c(-c6cccc(-c7ccc8oc9ccccc9c8c7-n7c8ccccc8c8cc(-c9ccccc9)ccc87)c6)cccc45)n3)cc2)cc1. The molecule has 0 N–H and O–H groups in total. The molecule has 0 aliphatic rings. The van der Waals surface area contributed by atoms with E-state index in [4.69, 9.17) is 23.8 Å². The van der Waals surface area contributed by atoms with Gasteiger partial charge in [-0.3, -0.25) is 0 Å². The van der Waals surface area contributed by atoms with Crippen molar-refractivity contribution < 1.29 is 8.83 Å². The summed E-state index contributed by atoms with van der Waals surface area (Å²) in [6, 6.07) is 89.3. The molecule has 11 aromatic carbocycles. The number of para-hydroxylation sites is 4. The molecule has 0 spiro atoms. The van der Waals surface area contributed by atoms with Crippen LogP contribution in [0.25, 0.3) is 150 Å². The maximum absolute atomic E-state index is 7.12. The van der Waals surface area contributed by atoms with Crippen LogP contribution in [0, 0.1) is 0 Å². The van der Waals surface area contributed by atoms with Gasteiger partial charge in [0.15, 0.2) is 17.5 Å². The van der Waals surface area contributed by atoms with Crippen LogP contribution in [0.3, 0.4) is 0 Å². The number of nitrogens with zero attached hydrogens (tertiary/aromatic N) is 4. The van der Waals surface area contributed by atoms with Crippen LogP contribution >= 0.6 is 0 Å². The molecule has 4 heterocycles. The molecule has 0 amide bonds. The van der Waals surface area contributed by atoms with E-state index < -0.39 is 0 Å². The highest BCUT2D eigenvalue weighted by molar-refractivity contribution is 6.18. The highest BCUT2D eigenvalue weighted by atomic mass is 16.3. The van der Waals surface area contributed by atoms with Crippen LogP contribution in [-0.4, -0.2) is 19.5 Å². The maximum atomic E-state index is 7.12. The summed E-state index contributed by atoms with van der Waals surface area (Å²) in [5.74, 6) is 1.71. The van der Waals surface area contributed by atoms with Crippen molar-refractivity contribution in [2.24, 2.45) is 0 Å². The van der Waals surface area contributed by atoms with Gasteiger partial charge in [-0.25, -0.2) is 15.0 Å². The van der Waals surface area contributed by atoms with Gasteiger partial charge in [0.05, 0.1) is 27.7 Å². The fourth-order valence-electron chi connectivity index (χ4n) is 11.1. The van der Waals surface area contributed by atoms with Crippen LogP contribution in [0.5, 0.6) is 0 Å². The van der Waals surface area contributed by atoms with Crippen molar-refractivity contribution >= 4 is 65.7 Å². The average molecular weight is 959 g/mol. The average Bonchev–Trinajstić information content (AvgIpc) is 4.24. The quantitative estimate of drug-likeness (QED) is 0.152. The van der Waals surface area contributed by atoms with Crippen molar-refractivity contribution in [3.05, 3.63) is 255 Å². The van der Waals surface area contributed by atoms with Crippen molar-refractivity contribution in [2.75, 3.05) is 0 Å². The Balaban J connectivity index is 0.895. The molecule has 0 bridgehead atoms. The van der Waals surface area contributed by atoms with Crippen molar-refractivity contribution in [1.29, 1.82) is 0 Å². The zero-order chi connectivity index (χ0) is 49.4. The normalized spacial score (nSPS) is 11.7. The van der Waals surface area contributed by atoms with E-state index in [9.17, 15) is 0 Å². The van der Waals surface area contributed by atoms with E-state index in [0.29, 0.717) is 23.1 Å². The third-order valence-corrected chi connectivity index (χ3v) is 14.7. The van der Waals surface area contributed by atoms with Gasteiger partial charge in [0, 0.05) is 49.2 Å². The lowest BCUT2D eigenvalue weighted by atomic mass is 9.95. The topological polar surface area (TPSA) is 69.9 Å². The summed E-state index contributed by atoms with van der Waals surface area (Å²) in [4.78, 5) is 15.4. The number of rotatable bonds is 8. The first-order valence-corrected chi connectivity index (χ1v) is 25.2. The lowest BCUT2D eigenvalue weighted by molar-refractivity contribution is 0.669. The molecule has 0 radical (unpaired) electrons. The summed E-state index contributed by atoms with van der Waals surface area (Å²) in [5, 5.41) is 6.50. The van der Waals surface area contributed by atoms with Gasteiger partial charge in [-0.1, -0.05) is 206 Å². The predicted octanol–water partition coefficient (Wildman–Crippen LogP) is 18.4. The van der Waals surface area contributed by atoms with Gasteiger partial charge >= 0.3 is 0 Å². The summed E-state index contributed by atoms with van der Waals surface area (Å²) >= 11 is 0. The van der Waals surface area contributed by atoms with E-state index in [1.165, 1.54) is 21.9 Å². The van der Waals surface area contributed by atoms with Crippen LogP contribution in [0.15, 0.2) is 264 Å². The van der Waals surface area contributed by atoms with Gasteiger partial charge in [-0.05, 0) is 81.9 Å². The Labute approximate surface area is 431 Å². The smallest absolute Gasteiger partial charge is 0.167 e. The fraction of sp³-hybridized carbons (Fsp3) is 0. The van der Waals surface area contributed by atoms with Gasteiger partial charge in [-0.2, -0.15) is 0 Å². The molecule has 0 aliphatic carbocycles. The van der Waals surface area contributed by atoms with Gasteiger partial charge in [0.1, 0.15) is 22.3 Å². The second-order valence-electron chi connectivity index (χ2n) is 19.0. The van der Waals surface area contributed by atoms with Gasteiger partial charge in [0.25, 0.3) is 0 Å². The maximum Gasteiger partial charge on any atom is 0.167 e. The molecule has 0 aliphatic heterocycles. The van der Waals surface area contributed by atoms with Crippen molar-refractivity contribution in [3.8, 4) is 84.4 Å². The molecule has 0 fully saturated rings. The first-order valence-electron chi connectivity index (χ1n) is 25.2. The minimum Gasteiger partial charge on any atom is -0.456 e. The largest absolute Gasteiger partial charge is 0.456 e. The molecular formula is C69H42N4O2. The van der Waals surface area contributed by atoms with Crippen LogP contribution in [0.1, 0.15) is 0 Å². The number of hydrogen-bond acceptors (Lipinski definition) is 5. The standard InChI is InChI=1S/C69H42N4O2/c1-4-17-43(18-5-1)45-33-35-47(36-34-45)68-70-67(46-21-8-3-9-22-46)71-69(72-68)57-30-16-29-55-54-28-15-27-52(65(54)75-66(55)57)50-24-14-23-49(41-50)51-38-40-62-63(56-26-11-13-32-61(56)74-62)64(51)73-59-31-12-10-25-53(59)58-42-48(37-39-60(58)73)44-19-6-2-7-20-44/h1-42H. The van der Waals surface area contributed by atoms with Crippen molar-refractivity contribution in [2.45, 2.75) is 0 Å². The first-order chi connectivity index (χ1) is 37.2. The minimum absolute atomic E-state index is 0.537. The Morgan fingerprint density at radius 3 is 1.49 bits per heavy atom. The first kappa shape index (κ1) is 42.5. The Kier molecular flexibility index (Phi) is 9.78. The Morgan fingerprint density at radius 2 is 0.760 bits per heavy atom. The van der Waals surface area contributed by atoms with E-state index in [-0.39, 0.29) is 0 Å². The second kappa shape index (κ2) is 17.3. The number of fused-ring (bicyclic) bond motifs is 9. The highest BCUT2D eigenvalue weighted by Gasteiger charge is 2.24. The Bertz CT molecular complexity index is 4690. The molecule has 0 unspecified atom stereocenters. The zero-order valence-corrected chi connectivity index (χ0v) is 40.4. The van der Waals surface area contributed by atoms with Crippen molar-refractivity contribution in [3.63, 3.8) is 0 Å². The number of hydrogen-bond donors (Lipinski definition) is 0. The van der Waals surface area contributed by atoms with Crippen LogP contribution in [0.2, 0.25) is 0 Å². The molecule has 0 atom stereocenters. The predicted molar refractivity (Wildman–Crippen MR) is 307 cm³/mol. The fourth-order valence-corrected chi connectivity index (χ4v) is 11.1. The molecule has 6 nitrogen and oxygen atoms in total. The molecular weight excluding hydrogens is 917 g/mol. The van der Waals surface area contributed by atoms with Crippen molar-refractivity contribution in [1.82, 2.24) is 19.5 Å². The van der Waals surface area contributed by atoms with E-state index in [1.807, 2.05) is 48.5 Å². The lowest BCUT2D eigenvalue weighted by Crippen LogP contribution is -2.00. The van der Waals surface area contributed by atoms with E-state index in [1.54, 1.807) is 0 Å². The molecule has 15 rings (SSSR count). The Hall–Kier alpha value is -10.2. The summed E-state index contributed by atoms with van der Waals surface area (Å²) in [6.45, 7) is 0. The van der Waals surface area contributed by atoms with Crippen LogP contribution in [-0.2, 0) is 0 Å². The second-order valence-corrected chi connectivity index (χ2v) is 19.0.